The minimum atomic E-state index is 0.638. The van der Waals surface area contributed by atoms with Gasteiger partial charge in [-0.2, -0.15) is 0 Å². The van der Waals surface area contributed by atoms with E-state index in [1.807, 2.05) is 18.2 Å². The number of hydrogen-bond acceptors (Lipinski definition) is 4. The molecule has 0 amide bonds. The Labute approximate surface area is 259 Å². The molecule has 4 heteroatoms. The minimum Gasteiger partial charge on any atom is -0.456 e. The molecule has 0 saturated carbocycles. The van der Waals surface area contributed by atoms with Crippen molar-refractivity contribution in [1.29, 1.82) is 0 Å². The van der Waals surface area contributed by atoms with Gasteiger partial charge in [-0.1, -0.05) is 121 Å². The van der Waals surface area contributed by atoms with Gasteiger partial charge in [0.15, 0.2) is 17.5 Å². The van der Waals surface area contributed by atoms with Crippen molar-refractivity contribution < 1.29 is 4.42 Å². The summed E-state index contributed by atoms with van der Waals surface area (Å²) in [6, 6.07) is 52.4. The van der Waals surface area contributed by atoms with Crippen molar-refractivity contribution >= 4 is 43.5 Å². The molecule has 0 aliphatic heterocycles. The van der Waals surface area contributed by atoms with Crippen LogP contribution in [0.4, 0.5) is 0 Å². The third kappa shape index (κ3) is 4.52. The van der Waals surface area contributed by atoms with Gasteiger partial charge in [-0.25, -0.2) is 15.0 Å². The Morgan fingerprint density at radius 1 is 0.311 bits per heavy atom. The van der Waals surface area contributed by atoms with Gasteiger partial charge in [0.2, 0.25) is 0 Å². The highest BCUT2D eigenvalue weighted by Gasteiger charge is 2.14. The third-order valence-corrected chi connectivity index (χ3v) is 8.50. The Bertz CT molecular complexity index is 2450. The molecule has 0 N–H and O–H groups in total. The van der Waals surface area contributed by atoms with Gasteiger partial charge in [0.25, 0.3) is 0 Å². The predicted molar refractivity (Wildman–Crippen MR) is 184 cm³/mol. The minimum absolute atomic E-state index is 0.638. The van der Waals surface area contributed by atoms with Crippen molar-refractivity contribution in [3.63, 3.8) is 0 Å². The van der Waals surface area contributed by atoms with E-state index in [1.165, 1.54) is 10.8 Å². The fourth-order valence-corrected chi connectivity index (χ4v) is 6.14. The van der Waals surface area contributed by atoms with Gasteiger partial charge >= 0.3 is 0 Å². The van der Waals surface area contributed by atoms with Crippen LogP contribution in [0, 0.1) is 0 Å². The normalized spacial score (nSPS) is 11.6. The standard InChI is InChI=1S/C41H25N3O/c1-3-9-30-23-33(19-15-26(30)7-1)40-42-39(43-41(44-40)34-20-16-27-8-2-4-10-31(27)24-34)29-17-13-28(14-18-29)32-21-22-38-36(25-32)35-11-5-6-12-37(35)45-38/h1-25H. The number of nitrogens with zero attached hydrogens (tertiary/aromatic N) is 3. The first-order valence-electron chi connectivity index (χ1n) is 15.0. The molecule has 0 saturated heterocycles. The first-order valence-corrected chi connectivity index (χ1v) is 15.0. The van der Waals surface area contributed by atoms with Crippen LogP contribution < -0.4 is 0 Å². The molecule has 2 aromatic heterocycles. The molecule has 0 spiro atoms. The molecule has 0 aliphatic carbocycles. The highest BCUT2D eigenvalue weighted by molar-refractivity contribution is 6.06. The maximum absolute atomic E-state index is 6.04. The highest BCUT2D eigenvalue weighted by atomic mass is 16.3. The lowest BCUT2D eigenvalue weighted by molar-refractivity contribution is 0.669. The summed E-state index contributed by atoms with van der Waals surface area (Å²) >= 11 is 0. The SMILES string of the molecule is c1ccc2cc(-c3nc(-c4ccc(-c5ccc6oc7ccccc7c6c5)cc4)nc(-c4ccc5ccccc5c4)n3)ccc2c1. The van der Waals surface area contributed by atoms with E-state index in [-0.39, 0.29) is 0 Å². The number of aromatic nitrogens is 3. The van der Waals surface area contributed by atoms with E-state index in [9.17, 15) is 0 Å². The molecule has 2 heterocycles. The van der Waals surface area contributed by atoms with Crippen molar-refractivity contribution in [2.75, 3.05) is 0 Å². The maximum atomic E-state index is 6.04. The average Bonchev–Trinajstić information content (AvgIpc) is 3.49. The quantitative estimate of drug-likeness (QED) is 0.209. The Morgan fingerprint density at radius 2 is 0.778 bits per heavy atom. The lowest BCUT2D eigenvalue weighted by atomic mass is 10.0. The van der Waals surface area contributed by atoms with Crippen LogP contribution in [-0.2, 0) is 0 Å². The summed E-state index contributed by atoms with van der Waals surface area (Å²) in [6.45, 7) is 0. The zero-order valence-electron chi connectivity index (χ0n) is 24.2. The Balaban J connectivity index is 1.15. The maximum Gasteiger partial charge on any atom is 0.164 e. The van der Waals surface area contributed by atoms with E-state index < -0.39 is 0 Å². The fourth-order valence-electron chi connectivity index (χ4n) is 6.14. The summed E-state index contributed by atoms with van der Waals surface area (Å²) in [4.78, 5) is 15.0. The molecular formula is C41H25N3O. The van der Waals surface area contributed by atoms with Crippen LogP contribution >= 0.6 is 0 Å². The van der Waals surface area contributed by atoms with Gasteiger partial charge < -0.3 is 4.42 Å². The second-order valence-electron chi connectivity index (χ2n) is 11.3. The van der Waals surface area contributed by atoms with E-state index in [4.69, 9.17) is 19.4 Å². The van der Waals surface area contributed by atoms with Gasteiger partial charge in [-0.15, -0.1) is 0 Å². The lowest BCUT2D eigenvalue weighted by Gasteiger charge is -2.10. The van der Waals surface area contributed by atoms with E-state index in [2.05, 4.69) is 133 Å². The molecule has 0 radical (unpaired) electrons. The number of furan rings is 1. The molecule has 4 nitrogen and oxygen atoms in total. The van der Waals surface area contributed by atoms with Crippen LogP contribution in [0.15, 0.2) is 156 Å². The van der Waals surface area contributed by atoms with Crippen LogP contribution in [0.1, 0.15) is 0 Å². The number of benzene rings is 7. The Hall–Kier alpha value is -6.13. The Morgan fingerprint density at radius 3 is 1.42 bits per heavy atom. The van der Waals surface area contributed by atoms with Crippen molar-refractivity contribution in [3.8, 4) is 45.3 Å². The molecule has 0 aliphatic rings. The third-order valence-electron chi connectivity index (χ3n) is 8.50. The van der Waals surface area contributed by atoms with E-state index in [0.717, 1.165) is 60.5 Å². The van der Waals surface area contributed by atoms with E-state index >= 15 is 0 Å². The smallest absolute Gasteiger partial charge is 0.164 e. The van der Waals surface area contributed by atoms with Gasteiger partial charge in [-0.05, 0) is 63.0 Å². The largest absolute Gasteiger partial charge is 0.456 e. The topological polar surface area (TPSA) is 51.8 Å². The molecule has 0 bridgehead atoms. The molecule has 0 unspecified atom stereocenters. The number of rotatable bonds is 4. The number of hydrogen-bond donors (Lipinski definition) is 0. The molecule has 0 atom stereocenters. The highest BCUT2D eigenvalue weighted by Crippen LogP contribution is 2.34. The molecule has 9 rings (SSSR count). The summed E-state index contributed by atoms with van der Waals surface area (Å²) < 4.78 is 6.04. The van der Waals surface area contributed by atoms with Gasteiger partial charge in [-0.3, -0.25) is 0 Å². The molecule has 9 aromatic rings. The second kappa shape index (κ2) is 10.2. The average molecular weight is 576 g/mol. The predicted octanol–water partition coefficient (Wildman–Crippen LogP) is 10.7. The van der Waals surface area contributed by atoms with Crippen LogP contribution in [0.2, 0.25) is 0 Å². The zero-order chi connectivity index (χ0) is 29.7. The number of fused-ring (bicyclic) bond motifs is 5. The first-order chi connectivity index (χ1) is 22.2. The van der Waals surface area contributed by atoms with Crippen LogP contribution in [0.5, 0.6) is 0 Å². The van der Waals surface area contributed by atoms with Gasteiger partial charge in [0.1, 0.15) is 11.2 Å². The molecule has 210 valence electrons. The summed E-state index contributed by atoms with van der Waals surface area (Å²) in [5, 5.41) is 6.90. The van der Waals surface area contributed by atoms with Crippen LogP contribution in [-0.4, -0.2) is 15.0 Å². The molecule has 7 aromatic carbocycles. The monoisotopic (exact) mass is 575 g/mol. The number of para-hydroxylation sites is 1. The summed E-state index contributed by atoms with van der Waals surface area (Å²) in [5.41, 5.74) is 6.88. The Kier molecular flexibility index (Phi) is 5.78. The van der Waals surface area contributed by atoms with Gasteiger partial charge in [0, 0.05) is 27.5 Å². The first kappa shape index (κ1) is 25.4. The van der Waals surface area contributed by atoms with Crippen LogP contribution in [0.25, 0.3) is 88.8 Å². The fraction of sp³-hybridized carbons (Fsp3) is 0. The summed E-state index contributed by atoms with van der Waals surface area (Å²) in [7, 11) is 0. The van der Waals surface area contributed by atoms with Crippen molar-refractivity contribution in [1.82, 2.24) is 15.0 Å². The molecule has 45 heavy (non-hydrogen) atoms. The van der Waals surface area contributed by atoms with Crippen molar-refractivity contribution in [2.24, 2.45) is 0 Å². The molecular weight excluding hydrogens is 550 g/mol. The zero-order valence-corrected chi connectivity index (χ0v) is 24.2. The van der Waals surface area contributed by atoms with E-state index in [0.29, 0.717) is 17.5 Å². The van der Waals surface area contributed by atoms with Crippen molar-refractivity contribution in [3.05, 3.63) is 152 Å². The summed E-state index contributed by atoms with van der Waals surface area (Å²) in [5.74, 6) is 1.93. The van der Waals surface area contributed by atoms with Crippen LogP contribution in [0.3, 0.4) is 0 Å². The lowest BCUT2D eigenvalue weighted by Crippen LogP contribution is -2.00. The van der Waals surface area contributed by atoms with E-state index in [1.54, 1.807) is 0 Å². The molecule has 0 fully saturated rings. The second-order valence-corrected chi connectivity index (χ2v) is 11.3. The van der Waals surface area contributed by atoms with Gasteiger partial charge in [0.05, 0.1) is 0 Å². The van der Waals surface area contributed by atoms with Crippen molar-refractivity contribution in [2.45, 2.75) is 0 Å². The summed E-state index contributed by atoms with van der Waals surface area (Å²) in [6.07, 6.45) is 0.